The van der Waals surface area contributed by atoms with Crippen molar-refractivity contribution >= 4 is 5.97 Å². The Bertz CT molecular complexity index is 590. The van der Waals surface area contributed by atoms with Crippen molar-refractivity contribution in [1.29, 1.82) is 0 Å². The van der Waals surface area contributed by atoms with Gasteiger partial charge in [-0.1, -0.05) is 12.1 Å². The zero-order valence-corrected chi connectivity index (χ0v) is 12.2. The molecule has 0 fully saturated rings. The molecular formula is C17H18O4. The van der Waals surface area contributed by atoms with Gasteiger partial charge in [0.25, 0.3) is 0 Å². The lowest BCUT2D eigenvalue weighted by Crippen LogP contribution is -2.05. The number of rotatable bonds is 6. The van der Waals surface area contributed by atoms with E-state index in [1.807, 2.05) is 36.4 Å². The monoisotopic (exact) mass is 286 g/mol. The van der Waals surface area contributed by atoms with Gasteiger partial charge in [-0.2, -0.15) is 0 Å². The van der Waals surface area contributed by atoms with Crippen LogP contribution in [-0.2, 0) is 11.3 Å². The molecule has 0 radical (unpaired) electrons. The molecule has 0 saturated heterocycles. The van der Waals surface area contributed by atoms with Gasteiger partial charge in [0.05, 0.1) is 19.3 Å². The summed E-state index contributed by atoms with van der Waals surface area (Å²) in [6, 6.07) is 14.6. The zero-order valence-electron chi connectivity index (χ0n) is 12.2. The fourth-order valence-electron chi connectivity index (χ4n) is 1.84. The maximum absolute atomic E-state index is 11.7. The van der Waals surface area contributed by atoms with Gasteiger partial charge in [0.2, 0.25) is 0 Å². The van der Waals surface area contributed by atoms with E-state index in [0.717, 1.165) is 17.1 Å². The largest absolute Gasteiger partial charge is 0.497 e. The lowest BCUT2D eigenvalue weighted by atomic mass is 10.1. The SMILES string of the molecule is CCOC(=O)c1cccc(COc2ccc(OC)cc2)c1. The highest BCUT2D eigenvalue weighted by Crippen LogP contribution is 2.18. The number of ether oxygens (including phenoxy) is 3. The van der Waals surface area contributed by atoms with Gasteiger partial charge in [-0.15, -0.1) is 0 Å². The minimum absolute atomic E-state index is 0.316. The predicted molar refractivity (Wildman–Crippen MR) is 79.7 cm³/mol. The first-order valence-electron chi connectivity index (χ1n) is 6.76. The van der Waals surface area contributed by atoms with E-state index in [9.17, 15) is 4.79 Å². The van der Waals surface area contributed by atoms with Crippen molar-refractivity contribution in [3.8, 4) is 11.5 Å². The molecule has 0 unspecified atom stereocenters. The first kappa shape index (κ1) is 14.9. The summed E-state index contributed by atoms with van der Waals surface area (Å²) in [7, 11) is 1.62. The van der Waals surface area contributed by atoms with Gasteiger partial charge < -0.3 is 14.2 Å². The lowest BCUT2D eigenvalue weighted by molar-refractivity contribution is 0.0526. The van der Waals surface area contributed by atoms with Crippen LogP contribution < -0.4 is 9.47 Å². The fourth-order valence-corrected chi connectivity index (χ4v) is 1.84. The van der Waals surface area contributed by atoms with Gasteiger partial charge in [0, 0.05) is 0 Å². The van der Waals surface area contributed by atoms with Gasteiger partial charge in [-0.05, 0) is 48.9 Å². The Hall–Kier alpha value is -2.49. The topological polar surface area (TPSA) is 44.8 Å². The Balaban J connectivity index is 1.99. The van der Waals surface area contributed by atoms with Gasteiger partial charge >= 0.3 is 5.97 Å². The van der Waals surface area contributed by atoms with Crippen molar-refractivity contribution in [1.82, 2.24) is 0 Å². The summed E-state index contributed by atoms with van der Waals surface area (Å²) >= 11 is 0. The summed E-state index contributed by atoms with van der Waals surface area (Å²) in [6.07, 6.45) is 0. The van der Waals surface area contributed by atoms with Gasteiger partial charge in [0.1, 0.15) is 18.1 Å². The average Bonchev–Trinajstić information content (AvgIpc) is 2.54. The zero-order chi connectivity index (χ0) is 15.1. The van der Waals surface area contributed by atoms with E-state index in [1.165, 1.54) is 0 Å². The number of methoxy groups -OCH3 is 1. The Morgan fingerprint density at radius 3 is 2.43 bits per heavy atom. The molecule has 0 aliphatic heterocycles. The summed E-state index contributed by atoms with van der Waals surface area (Å²) in [5, 5.41) is 0. The molecule has 0 aliphatic rings. The molecule has 4 nitrogen and oxygen atoms in total. The highest BCUT2D eigenvalue weighted by Gasteiger charge is 2.07. The Morgan fingerprint density at radius 1 is 1.05 bits per heavy atom. The van der Waals surface area contributed by atoms with Crippen LogP contribution in [0.5, 0.6) is 11.5 Å². The molecule has 2 aromatic carbocycles. The predicted octanol–water partition coefficient (Wildman–Crippen LogP) is 3.45. The van der Waals surface area contributed by atoms with Crippen LogP contribution in [0.25, 0.3) is 0 Å². The van der Waals surface area contributed by atoms with Crippen LogP contribution in [0.3, 0.4) is 0 Å². The molecule has 2 rings (SSSR count). The molecule has 21 heavy (non-hydrogen) atoms. The van der Waals surface area contributed by atoms with Crippen LogP contribution in [0, 0.1) is 0 Å². The van der Waals surface area contributed by atoms with Crippen LogP contribution in [0.4, 0.5) is 0 Å². The van der Waals surface area contributed by atoms with Crippen LogP contribution in [0.1, 0.15) is 22.8 Å². The minimum atomic E-state index is -0.316. The number of hydrogen-bond acceptors (Lipinski definition) is 4. The molecule has 2 aromatic rings. The van der Waals surface area contributed by atoms with E-state index >= 15 is 0 Å². The first-order chi connectivity index (χ1) is 10.2. The molecule has 4 heteroatoms. The molecule has 0 aliphatic carbocycles. The summed E-state index contributed by atoms with van der Waals surface area (Å²) in [6.45, 7) is 2.54. The molecule has 0 aromatic heterocycles. The molecule has 0 heterocycles. The van der Waals surface area contributed by atoms with Gasteiger partial charge in [-0.3, -0.25) is 0 Å². The highest BCUT2D eigenvalue weighted by atomic mass is 16.5. The van der Waals surface area contributed by atoms with E-state index in [0.29, 0.717) is 18.8 Å². The van der Waals surface area contributed by atoms with Crippen molar-refractivity contribution in [2.75, 3.05) is 13.7 Å². The van der Waals surface area contributed by atoms with E-state index < -0.39 is 0 Å². The maximum atomic E-state index is 11.7. The van der Waals surface area contributed by atoms with Crippen LogP contribution in [0.2, 0.25) is 0 Å². The molecule has 110 valence electrons. The quantitative estimate of drug-likeness (QED) is 0.763. The van der Waals surface area contributed by atoms with Crippen LogP contribution in [-0.4, -0.2) is 19.7 Å². The normalized spacial score (nSPS) is 10.0. The van der Waals surface area contributed by atoms with Gasteiger partial charge in [0.15, 0.2) is 0 Å². The van der Waals surface area contributed by atoms with E-state index in [-0.39, 0.29) is 5.97 Å². The van der Waals surface area contributed by atoms with Crippen LogP contribution in [0.15, 0.2) is 48.5 Å². The van der Waals surface area contributed by atoms with E-state index in [4.69, 9.17) is 14.2 Å². The molecule has 0 amide bonds. The lowest BCUT2D eigenvalue weighted by Gasteiger charge is -2.08. The van der Waals surface area contributed by atoms with Crippen molar-refractivity contribution in [3.05, 3.63) is 59.7 Å². The number of carbonyl (C=O) groups excluding carboxylic acids is 1. The number of carbonyl (C=O) groups is 1. The van der Waals surface area contributed by atoms with Crippen molar-refractivity contribution in [3.63, 3.8) is 0 Å². The molecule has 0 atom stereocenters. The summed E-state index contributed by atoms with van der Waals surface area (Å²) in [5.74, 6) is 1.22. The van der Waals surface area contributed by atoms with Gasteiger partial charge in [-0.25, -0.2) is 4.79 Å². The maximum Gasteiger partial charge on any atom is 0.338 e. The average molecular weight is 286 g/mol. The third-order valence-corrected chi connectivity index (χ3v) is 2.90. The van der Waals surface area contributed by atoms with E-state index in [2.05, 4.69) is 0 Å². The van der Waals surface area contributed by atoms with Crippen molar-refractivity contribution in [2.45, 2.75) is 13.5 Å². The third kappa shape index (κ3) is 4.24. The van der Waals surface area contributed by atoms with Crippen molar-refractivity contribution in [2.24, 2.45) is 0 Å². The van der Waals surface area contributed by atoms with Crippen LogP contribution >= 0.6 is 0 Å². The molecule has 0 saturated carbocycles. The second kappa shape index (κ2) is 7.33. The molecule has 0 spiro atoms. The van der Waals surface area contributed by atoms with E-state index in [1.54, 1.807) is 26.2 Å². The standard InChI is InChI=1S/C17H18O4/c1-3-20-17(18)14-6-4-5-13(11-14)12-21-16-9-7-15(19-2)8-10-16/h4-11H,3,12H2,1-2H3. The summed E-state index contributed by atoms with van der Waals surface area (Å²) < 4.78 is 15.7. The Kier molecular flexibility index (Phi) is 5.21. The molecular weight excluding hydrogens is 268 g/mol. The Labute approximate surface area is 124 Å². The second-order valence-corrected chi connectivity index (χ2v) is 4.39. The number of benzene rings is 2. The second-order valence-electron chi connectivity index (χ2n) is 4.39. The highest BCUT2D eigenvalue weighted by molar-refractivity contribution is 5.89. The smallest absolute Gasteiger partial charge is 0.338 e. The number of esters is 1. The third-order valence-electron chi connectivity index (χ3n) is 2.90. The molecule has 0 N–H and O–H groups in total. The van der Waals surface area contributed by atoms with Crippen molar-refractivity contribution < 1.29 is 19.0 Å². The summed E-state index contributed by atoms with van der Waals surface area (Å²) in [5.41, 5.74) is 1.45. The minimum Gasteiger partial charge on any atom is -0.497 e. The summed E-state index contributed by atoms with van der Waals surface area (Å²) in [4.78, 5) is 11.7. The molecule has 0 bridgehead atoms. The fraction of sp³-hybridized carbons (Fsp3) is 0.235. The number of hydrogen-bond donors (Lipinski definition) is 0. The Morgan fingerprint density at radius 2 is 1.76 bits per heavy atom. The first-order valence-corrected chi connectivity index (χ1v) is 6.76.